The van der Waals surface area contributed by atoms with Gasteiger partial charge in [-0.2, -0.15) is 0 Å². The quantitative estimate of drug-likeness (QED) is 0.915. The molecule has 0 radical (unpaired) electrons. The summed E-state index contributed by atoms with van der Waals surface area (Å²) < 4.78 is 7.47. The van der Waals surface area contributed by atoms with Crippen molar-refractivity contribution in [3.63, 3.8) is 0 Å². The van der Waals surface area contributed by atoms with E-state index in [1.165, 1.54) is 0 Å². The molecule has 0 aliphatic carbocycles. The van der Waals surface area contributed by atoms with Crippen LogP contribution in [0.2, 0.25) is 5.15 Å². The van der Waals surface area contributed by atoms with Crippen LogP contribution in [0.3, 0.4) is 0 Å². The van der Waals surface area contributed by atoms with Gasteiger partial charge in [0.15, 0.2) is 0 Å². The topological polar surface area (TPSA) is 53.1 Å². The number of imidazole rings is 1. The molecular weight excluding hydrogens is 262 g/mol. The molecule has 2 rings (SSSR count). The third-order valence-electron chi connectivity index (χ3n) is 3.14. The highest BCUT2D eigenvalue weighted by Gasteiger charge is 2.06. The van der Waals surface area contributed by atoms with E-state index in [4.69, 9.17) is 22.1 Å². The van der Waals surface area contributed by atoms with E-state index in [0.29, 0.717) is 11.8 Å². The van der Waals surface area contributed by atoms with Crippen LogP contribution in [0.1, 0.15) is 30.8 Å². The predicted molar refractivity (Wildman–Crippen MR) is 76.2 cm³/mol. The number of hydrogen-bond acceptors (Lipinski definition) is 3. The van der Waals surface area contributed by atoms with E-state index in [1.54, 1.807) is 10.8 Å². The molecule has 0 aliphatic rings. The van der Waals surface area contributed by atoms with Crippen molar-refractivity contribution in [3.05, 3.63) is 47.0 Å². The third-order valence-corrected chi connectivity index (χ3v) is 3.49. The number of ether oxygens (including phenoxy) is 1. The van der Waals surface area contributed by atoms with Crippen molar-refractivity contribution in [2.75, 3.05) is 0 Å². The van der Waals surface area contributed by atoms with Gasteiger partial charge in [0.05, 0.1) is 6.20 Å². The van der Waals surface area contributed by atoms with Gasteiger partial charge in [-0.05, 0) is 24.1 Å². The fourth-order valence-corrected chi connectivity index (χ4v) is 1.90. The van der Waals surface area contributed by atoms with Crippen molar-refractivity contribution in [1.82, 2.24) is 9.55 Å². The molecule has 0 saturated heterocycles. The Morgan fingerprint density at radius 3 is 2.58 bits per heavy atom. The van der Waals surface area contributed by atoms with Gasteiger partial charge in [-0.25, -0.2) is 4.98 Å². The summed E-state index contributed by atoms with van der Waals surface area (Å²) in [7, 11) is 1.86. The van der Waals surface area contributed by atoms with Crippen molar-refractivity contribution in [1.29, 1.82) is 0 Å². The zero-order valence-electron chi connectivity index (χ0n) is 11.1. The lowest BCUT2D eigenvalue weighted by Crippen LogP contribution is -2.08. The van der Waals surface area contributed by atoms with E-state index in [-0.39, 0.29) is 6.04 Å². The number of benzene rings is 1. The Hall–Kier alpha value is -1.52. The summed E-state index contributed by atoms with van der Waals surface area (Å²) in [6.45, 7) is 2.46. The van der Waals surface area contributed by atoms with E-state index in [1.807, 2.05) is 31.3 Å². The zero-order valence-corrected chi connectivity index (χ0v) is 11.9. The fraction of sp³-hybridized carbons (Fsp3) is 0.357. The van der Waals surface area contributed by atoms with Gasteiger partial charge in [0.2, 0.25) is 0 Å². The minimum atomic E-state index is 0.0856. The summed E-state index contributed by atoms with van der Waals surface area (Å²) in [5.74, 6) is 1.59. The molecule has 0 amide bonds. The van der Waals surface area contributed by atoms with Crippen molar-refractivity contribution < 1.29 is 4.74 Å². The lowest BCUT2D eigenvalue weighted by Gasteiger charge is -2.11. The molecule has 1 atom stereocenters. The first-order valence-electron chi connectivity index (χ1n) is 6.26. The van der Waals surface area contributed by atoms with Crippen LogP contribution in [0.25, 0.3) is 0 Å². The molecule has 5 heteroatoms. The second kappa shape index (κ2) is 6.08. The van der Waals surface area contributed by atoms with Gasteiger partial charge in [-0.15, -0.1) is 0 Å². The Morgan fingerprint density at radius 1 is 1.37 bits per heavy atom. The van der Waals surface area contributed by atoms with E-state index in [2.05, 4.69) is 11.9 Å². The number of hydrogen-bond donors (Lipinski definition) is 1. The van der Waals surface area contributed by atoms with Gasteiger partial charge in [0, 0.05) is 13.1 Å². The van der Waals surface area contributed by atoms with Crippen LogP contribution in [0.4, 0.5) is 0 Å². The summed E-state index contributed by atoms with van der Waals surface area (Å²) >= 11 is 5.91. The molecule has 0 aliphatic heterocycles. The number of rotatable bonds is 5. The fourth-order valence-electron chi connectivity index (χ4n) is 1.75. The molecule has 2 N–H and O–H groups in total. The summed E-state index contributed by atoms with van der Waals surface area (Å²) in [5, 5.41) is 0.600. The van der Waals surface area contributed by atoms with Crippen LogP contribution < -0.4 is 10.5 Å². The highest BCUT2D eigenvalue weighted by atomic mass is 35.5. The Bertz CT molecular complexity index is 536. The molecule has 2 aromatic rings. The van der Waals surface area contributed by atoms with Crippen molar-refractivity contribution in [2.45, 2.75) is 26.0 Å². The molecule has 102 valence electrons. The number of nitrogens with two attached hydrogens (primary N) is 1. The molecule has 1 heterocycles. The molecule has 0 unspecified atom stereocenters. The first-order chi connectivity index (χ1) is 9.11. The summed E-state index contributed by atoms with van der Waals surface area (Å²) in [5.41, 5.74) is 7.08. The number of nitrogens with zero attached hydrogens (tertiary/aromatic N) is 2. The zero-order chi connectivity index (χ0) is 13.8. The van der Waals surface area contributed by atoms with E-state index in [0.717, 1.165) is 23.6 Å². The molecule has 1 aromatic carbocycles. The van der Waals surface area contributed by atoms with E-state index < -0.39 is 0 Å². The molecule has 0 bridgehead atoms. The lowest BCUT2D eigenvalue weighted by atomic mass is 10.1. The SMILES string of the molecule is CC[C@H](N)c1ccc(OCc2ncc(Cl)n2C)cc1. The maximum absolute atomic E-state index is 5.96. The first-order valence-corrected chi connectivity index (χ1v) is 6.64. The van der Waals surface area contributed by atoms with Gasteiger partial charge < -0.3 is 15.0 Å². The monoisotopic (exact) mass is 279 g/mol. The van der Waals surface area contributed by atoms with Gasteiger partial charge in [0.1, 0.15) is 23.3 Å². The average molecular weight is 280 g/mol. The summed E-state index contributed by atoms with van der Waals surface area (Å²) in [6.07, 6.45) is 2.54. The van der Waals surface area contributed by atoms with Gasteiger partial charge in [-0.3, -0.25) is 0 Å². The summed E-state index contributed by atoms with van der Waals surface area (Å²) in [6, 6.07) is 7.93. The third kappa shape index (κ3) is 3.28. The molecule has 0 fully saturated rings. The van der Waals surface area contributed by atoms with E-state index >= 15 is 0 Å². The Kier molecular flexibility index (Phi) is 4.45. The van der Waals surface area contributed by atoms with E-state index in [9.17, 15) is 0 Å². The van der Waals surface area contributed by atoms with Crippen LogP contribution in [-0.4, -0.2) is 9.55 Å². The highest BCUT2D eigenvalue weighted by Crippen LogP contribution is 2.19. The molecule has 4 nitrogen and oxygen atoms in total. The minimum Gasteiger partial charge on any atom is -0.486 e. The molecule has 0 spiro atoms. The van der Waals surface area contributed by atoms with Crippen molar-refractivity contribution in [2.24, 2.45) is 12.8 Å². The van der Waals surface area contributed by atoms with Gasteiger partial charge >= 0.3 is 0 Å². The van der Waals surface area contributed by atoms with Crippen LogP contribution >= 0.6 is 11.6 Å². The van der Waals surface area contributed by atoms with Gasteiger partial charge in [-0.1, -0.05) is 30.7 Å². The summed E-state index contributed by atoms with van der Waals surface area (Å²) in [4.78, 5) is 4.18. The van der Waals surface area contributed by atoms with Crippen LogP contribution in [0.5, 0.6) is 5.75 Å². The largest absolute Gasteiger partial charge is 0.486 e. The minimum absolute atomic E-state index is 0.0856. The van der Waals surface area contributed by atoms with Crippen molar-refractivity contribution >= 4 is 11.6 Å². The smallest absolute Gasteiger partial charge is 0.147 e. The molecule has 19 heavy (non-hydrogen) atoms. The average Bonchev–Trinajstić information content (AvgIpc) is 2.76. The Balaban J connectivity index is 1.98. The maximum Gasteiger partial charge on any atom is 0.147 e. The van der Waals surface area contributed by atoms with Crippen molar-refractivity contribution in [3.8, 4) is 5.75 Å². The van der Waals surface area contributed by atoms with Crippen LogP contribution in [0.15, 0.2) is 30.5 Å². The standard InChI is InChI=1S/C14H18ClN3O/c1-3-12(16)10-4-6-11(7-5-10)19-9-14-17-8-13(15)18(14)2/h4-8,12H,3,9,16H2,1-2H3/t12-/m0/s1. The van der Waals surface area contributed by atoms with Gasteiger partial charge in [0.25, 0.3) is 0 Å². The Labute approximate surface area is 118 Å². The Morgan fingerprint density at radius 2 is 2.05 bits per heavy atom. The normalized spacial score (nSPS) is 12.4. The van der Waals surface area contributed by atoms with Crippen LogP contribution in [0, 0.1) is 0 Å². The number of halogens is 1. The second-order valence-corrected chi connectivity index (χ2v) is 4.82. The lowest BCUT2D eigenvalue weighted by molar-refractivity contribution is 0.291. The molecule has 1 aromatic heterocycles. The maximum atomic E-state index is 5.96. The predicted octanol–water partition coefficient (Wildman–Crippen LogP) is 3.06. The first kappa shape index (κ1) is 13.9. The number of aromatic nitrogens is 2. The van der Waals surface area contributed by atoms with Crippen LogP contribution in [-0.2, 0) is 13.7 Å². The second-order valence-electron chi connectivity index (χ2n) is 4.43. The molecular formula is C14H18ClN3O. The molecule has 0 saturated carbocycles. The highest BCUT2D eigenvalue weighted by molar-refractivity contribution is 6.29.